The van der Waals surface area contributed by atoms with Gasteiger partial charge in [0.1, 0.15) is 5.60 Å². The number of carbonyl (C=O) groups is 1. The van der Waals surface area contributed by atoms with Crippen LogP contribution in [0.5, 0.6) is 0 Å². The van der Waals surface area contributed by atoms with Crippen LogP contribution in [0.4, 0.5) is 0 Å². The zero-order chi connectivity index (χ0) is 12.8. The van der Waals surface area contributed by atoms with Crippen molar-refractivity contribution in [1.82, 2.24) is 4.90 Å². The molecule has 1 saturated carbocycles. The van der Waals surface area contributed by atoms with Crippen LogP contribution in [0.3, 0.4) is 0 Å². The minimum atomic E-state index is -0.546. The second kappa shape index (κ2) is 4.49. The minimum absolute atomic E-state index is 0.211. The highest BCUT2D eigenvalue weighted by Crippen LogP contribution is 2.38. The summed E-state index contributed by atoms with van der Waals surface area (Å²) >= 11 is 0. The number of ether oxygens (including phenoxy) is 1. The van der Waals surface area contributed by atoms with Gasteiger partial charge in [0.15, 0.2) is 0 Å². The smallest absolute Gasteiger partial charge is 0.254 e. The molecule has 3 rings (SSSR count). The van der Waals surface area contributed by atoms with Crippen LogP contribution in [0.25, 0.3) is 0 Å². The molecule has 2 saturated heterocycles. The summed E-state index contributed by atoms with van der Waals surface area (Å²) in [6.45, 7) is 4.51. The Morgan fingerprint density at radius 2 is 2.11 bits per heavy atom. The number of fused-ring (bicyclic) bond motifs is 1. The van der Waals surface area contributed by atoms with Gasteiger partial charge in [-0.1, -0.05) is 0 Å². The molecule has 4 heteroatoms. The molecule has 4 nitrogen and oxygen atoms in total. The molecule has 0 spiro atoms. The molecule has 0 bridgehead atoms. The molecule has 3 aliphatic rings. The van der Waals surface area contributed by atoms with Crippen LogP contribution < -0.4 is 5.73 Å². The molecular weight excluding hydrogens is 228 g/mol. The maximum Gasteiger partial charge on any atom is 0.254 e. The van der Waals surface area contributed by atoms with E-state index in [9.17, 15) is 4.79 Å². The topological polar surface area (TPSA) is 55.6 Å². The van der Waals surface area contributed by atoms with Gasteiger partial charge < -0.3 is 15.4 Å². The lowest BCUT2D eigenvalue weighted by atomic mass is 9.79. The Hall–Kier alpha value is -0.610. The molecule has 0 aromatic carbocycles. The summed E-state index contributed by atoms with van der Waals surface area (Å²) in [6.07, 6.45) is 5.28. The molecule has 4 atom stereocenters. The van der Waals surface area contributed by atoms with Crippen molar-refractivity contribution < 1.29 is 9.53 Å². The van der Waals surface area contributed by atoms with E-state index in [0.717, 1.165) is 45.4 Å². The highest BCUT2D eigenvalue weighted by molar-refractivity contribution is 5.85. The van der Waals surface area contributed by atoms with Gasteiger partial charge in [-0.25, -0.2) is 0 Å². The van der Waals surface area contributed by atoms with Gasteiger partial charge in [-0.05, 0) is 50.9 Å². The Labute approximate surface area is 109 Å². The van der Waals surface area contributed by atoms with Gasteiger partial charge in [-0.3, -0.25) is 4.79 Å². The zero-order valence-electron chi connectivity index (χ0n) is 11.2. The van der Waals surface area contributed by atoms with Gasteiger partial charge in [0.05, 0.1) is 0 Å². The van der Waals surface area contributed by atoms with Crippen LogP contribution in [-0.2, 0) is 9.53 Å². The summed E-state index contributed by atoms with van der Waals surface area (Å²) in [5.74, 6) is 1.52. The SMILES string of the molecule is CC1(C(=O)N2C[C@H]3CCC(N)C[C@H]3C2)CCCO1. The summed E-state index contributed by atoms with van der Waals surface area (Å²) in [4.78, 5) is 14.6. The third-order valence-corrected chi connectivity index (χ3v) is 5.05. The molecule has 2 N–H and O–H groups in total. The first-order chi connectivity index (χ1) is 8.58. The van der Waals surface area contributed by atoms with Crippen molar-refractivity contribution in [1.29, 1.82) is 0 Å². The van der Waals surface area contributed by atoms with Crippen molar-refractivity contribution in [2.45, 2.75) is 50.7 Å². The van der Waals surface area contributed by atoms with Crippen molar-refractivity contribution in [3.8, 4) is 0 Å². The molecule has 18 heavy (non-hydrogen) atoms. The fourth-order valence-corrected chi connectivity index (χ4v) is 3.92. The monoisotopic (exact) mass is 252 g/mol. The third kappa shape index (κ3) is 2.05. The second-order valence-electron chi connectivity index (χ2n) is 6.49. The largest absolute Gasteiger partial charge is 0.365 e. The number of likely N-dealkylation sites (tertiary alicyclic amines) is 1. The number of hydrogen-bond acceptors (Lipinski definition) is 3. The first-order valence-corrected chi connectivity index (χ1v) is 7.27. The van der Waals surface area contributed by atoms with Crippen LogP contribution in [0.2, 0.25) is 0 Å². The summed E-state index contributed by atoms with van der Waals surface area (Å²) < 4.78 is 5.67. The van der Waals surface area contributed by atoms with Crippen molar-refractivity contribution >= 4 is 5.91 Å². The average molecular weight is 252 g/mol. The van der Waals surface area contributed by atoms with Crippen LogP contribution in [0.15, 0.2) is 0 Å². The van der Waals surface area contributed by atoms with Crippen LogP contribution in [0, 0.1) is 11.8 Å². The van der Waals surface area contributed by atoms with Gasteiger partial charge in [-0.15, -0.1) is 0 Å². The summed E-state index contributed by atoms with van der Waals surface area (Å²) in [7, 11) is 0. The van der Waals surface area contributed by atoms with Crippen LogP contribution in [0.1, 0.15) is 39.0 Å². The van der Waals surface area contributed by atoms with E-state index >= 15 is 0 Å². The number of nitrogens with two attached hydrogens (primary N) is 1. The molecule has 0 aromatic rings. The van der Waals surface area contributed by atoms with E-state index in [1.807, 2.05) is 11.8 Å². The Bertz CT molecular complexity index is 339. The molecule has 2 heterocycles. The van der Waals surface area contributed by atoms with E-state index in [2.05, 4.69) is 0 Å². The lowest BCUT2D eigenvalue weighted by molar-refractivity contribution is -0.150. The van der Waals surface area contributed by atoms with E-state index in [1.165, 1.54) is 6.42 Å². The standard InChI is InChI=1S/C14H24N2O2/c1-14(5-2-6-18-14)13(17)16-8-10-3-4-12(15)7-11(10)9-16/h10-12H,2-9,15H2,1H3/t10-,11+,12?,14?/m1/s1. The Balaban J connectivity index is 1.66. The van der Waals surface area contributed by atoms with Crippen molar-refractivity contribution in [3.05, 3.63) is 0 Å². The second-order valence-corrected chi connectivity index (χ2v) is 6.49. The minimum Gasteiger partial charge on any atom is -0.365 e. The lowest BCUT2D eigenvalue weighted by Gasteiger charge is -2.28. The summed E-state index contributed by atoms with van der Waals surface area (Å²) in [5, 5.41) is 0. The number of carbonyl (C=O) groups excluding carboxylic acids is 1. The highest BCUT2D eigenvalue weighted by Gasteiger charge is 2.45. The quantitative estimate of drug-likeness (QED) is 0.761. The molecule has 102 valence electrons. The van der Waals surface area contributed by atoms with E-state index < -0.39 is 5.60 Å². The molecule has 2 unspecified atom stereocenters. The van der Waals surface area contributed by atoms with Gasteiger partial charge in [0.2, 0.25) is 0 Å². The number of rotatable bonds is 1. The Kier molecular flexibility index (Phi) is 3.10. The van der Waals surface area contributed by atoms with E-state index in [0.29, 0.717) is 17.9 Å². The Morgan fingerprint density at radius 3 is 2.83 bits per heavy atom. The average Bonchev–Trinajstić information content (AvgIpc) is 2.94. The fraction of sp³-hybridized carbons (Fsp3) is 0.929. The molecule has 0 aromatic heterocycles. The normalized spacial score (nSPS) is 44.1. The third-order valence-electron chi connectivity index (χ3n) is 5.05. The number of amides is 1. The van der Waals surface area contributed by atoms with Gasteiger partial charge >= 0.3 is 0 Å². The first-order valence-electron chi connectivity index (χ1n) is 7.27. The van der Waals surface area contributed by atoms with Crippen molar-refractivity contribution in [2.75, 3.05) is 19.7 Å². The molecular formula is C14H24N2O2. The number of nitrogens with zero attached hydrogens (tertiary/aromatic N) is 1. The predicted octanol–water partition coefficient (Wildman–Crippen LogP) is 1.14. The lowest BCUT2D eigenvalue weighted by Crippen LogP contribution is -2.46. The van der Waals surface area contributed by atoms with Crippen molar-refractivity contribution in [2.24, 2.45) is 17.6 Å². The van der Waals surface area contributed by atoms with Gasteiger partial charge in [-0.2, -0.15) is 0 Å². The molecule has 3 fully saturated rings. The fourth-order valence-electron chi connectivity index (χ4n) is 3.92. The van der Waals surface area contributed by atoms with Gasteiger partial charge in [0, 0.05) is 25.7 Å². The highest BCUT2D eigenvalue weighted by atomic mass is 16.5. The maximum atomic E-state index is 12.6. The summed E-state index contributed by atoms with van der Waals surface area (Å²) in [5.41, 5.74) is 5.49. The summed E-state index contributed by atoms with van der Waals surface area (Å²) in [6, 6.07) is 0.347. The van der Waals surface area contributed by atoms with E-state index in [4.69, 9.17) is 10.5 Å². The van der Waals surface area contributed by atoms with E-state index in [-0.39, 0.29) is 5.91 Å². The molecule has 0 radical (unpaired) electrons. The van der Waals surface area contributed by atoms with Gasteiger partial charge in [0.25, 0.3) is 5.91 Å². The Morgan fingerprint density at radius 1 is 1.33 bits per heavy atom. The predicted molar refractivity (Wildman–Crippen MR) is 69.0 cm³/mol. The molecule has 1 aliphatic carbocycles. The van der Waals surface area contributed by atoms with Crippen LogP contribution in [-0.4, -0.2) is 42.1 Å². The zero-order valence-corrected chi connectivity index (χ0v) is 11.2. The van der Waals surface area contributed by atoms with Crippen LogP contribution >= 0.6 is 0 Å². The molecule has 2 aliphatic heterocycles. The van der Waals surface area contributed by atoms with Crippen molar-refractivity contribution in [3.63, 3.8) is 0 Å². The maximum absolute atomic E-state index is 12.6. The first kappa shape index (κ1) is 12.4. The number of hydrogen-bond donors (Lipinski definition) is 1. The molecule has 1 amide bonds. The van der Waals surface area contributed by atoms with E-state index in [1.54, 1.807) is 0 Å².